The van der Waals surface area contributed by atoms with E-state index in [-0.39, 0.29) is 5.39 Å². The Hall–Kier alpha value is -3.27. The molecule has 0 aromatic heterocycles. The number of hydrogen-bond donors (Lipinski definition) is 0. The standard InChI is InChI=1S/C23H13F3O/c24-23(25,26)20-12-15-6-4-5-14-9-10-16-11-18(13-19(20)22(16)21(14)15)27-17-7-2-1-3-8-17/h1-13H. The zero-order chi connectivity index (χ0) is 18.6. The van der Waals surface area contributed by atoms with Crippen molar-refractivity contribution in [3.63, 3.8) is 0 Å². The molecule has 132 valence electrons. The second-order valence-electron chi connectivity index (χ2n) is 6.55. The van der Waals surface area contributed by atoms with E-state index in [0.29, 0.717) is 22.3 Å². The van der Waals surface area contributed by atoms with Gasteiger partial charge < -0.3 is 4.74 Å². The summed E-state index contributed by atoms with van der Waals surface area (Å²) < 4.78 is 47.2. The van der Waals surface area contributed by atoms with Crippen molar-refractivity contribution in [3.8, 4) is 11.5 Å². The summed E-state index contributed by atoms with van der Waals surface area (Å²) in [7, 11) is 0. The molecule has 0 amide bonds. The molecule has 0 aliphatic heterocycles. The lowest BCUT2D eigenvalue weighted by molar-refractivity contribution is -0.136. The van der Waals surface area contributed by atoms with Crippen LogP contribution in [0.3, 0.4) is 0 Å². The molecule has 5 rings (SSSR count). The van der Waals surface area contributed by atoms with E-state index in [4.69, 9.17) is 4.74 Å². The van der Waals surface area contributed by atoms with Crippen molar-refractivity contribution in [2.24, 2.45) is 0 Å². The van der Waals surface area contributed by atoms with Crippen LogP contribution in [0.2, 0.25) is 0 Å². The van der Waals surface area contributed by atoms with Gasteiger partial charge in [-0.3, -0.25) is 0 Å². The minimum atomic E-state index is -4.45. The molecule has 0 fully saturated rings. The summed E-state index contributed by atoms with van der Waals surface area (Å²) in [5.41, 5.74) is -0.641. The molecule has 0 heterocycles. The smallest absolute Gasteiger partial charge is 0.417 e. The molecule has 0 saturated heterocycles. The molecule has 27 heavy (non-hydrogen) atoms. The van der Waals surface area contributed by atoms with Gasteiger partial charge in [0, 0.05) is 0 Å². The van der Waals surface area contributed by atoms with E-state index in [1.165, 1.54) is 12.1 Å². The average Bonchev–Trinajstić information content (AvgIpc) is 2.65. The van der Waals surface area contributed by atoms with E-state index in [9.17, 15) is 13.2 Å². The Kier molecular flexibility index (Phi) is 3.31. The zero-order valence-electron chi connectivity index (χ0n) is 14.0. The van der Waals surface area contributed by atoms with Crippen molar-refractivity contribution in [1.29, 1.82) is 0 Å². The van der Waals surface area contributed by atoms with Crippen molar-refractivity contribution in [2.75, 3.05) is 0 Å². The summed E-state index contributed by atoms with van der Waals surface area (Å²) in [5, 5.41) is 3.89. The molecule has 4 heteroatoms. The van der Waals surface area contributed by atoms with Crippen LogP contribution in [0, 0.1) is 0 Å². The lowest BCUT2D eigenvalue weighted by Gasteiger charge is -2.17. The van der Waals surface area contributed by atoms with Crippen LogP contribution in [0.4, 0.5) is 13.2 Å². The van der Waals surface area contributed by atoms with Crippen LogP contribution in [0.1, 0.15) is 5.56 Å². The molecule has 0 spiro atoms. The minimum Gasteiger partial charge on any atom is -0.457 e. The SMILES string of the molecule is FC(F)(F)c1cc2cccc3ccc4cc(Oc5ccccc5)cc1c4c32. The topological polar surface area (TPSA) is 9.23 Å². The van der Waals surface area contributed by atoms with Crippen LogP contribution in [0.5, 0.6) is 11.5 Å². The van der Waals surface area contributed by atoms with Gasteiger partial charge in [0.15, 0.2) is 0 Å². The monoisotopic (exact) mass is 362 g/mol. The van der Waals surface area contributed by atoms with Crippen molar-refractivity contribution < 1.29 is 17.9 Å². The second kappa shape index (κ2) is 5.61. The summed E-state index contributed by atoms with van der Waals surface area (Å²) in [6, 6.07) is 22.8. The van der Waals surface area contributed by atoms with Gasteiger partial charge in [-0.2, -0.15) is 13.2 Å². The first-order valence-corrected chi connectivity index (χ1v) is 8.52. The molecule has 0 aliphatic rings. The van der Waals surface area contributed by atoms with Crippen LogP contribution < -0.4 is 4.74 Å². The number of para-hydroxylation sites is 1. The summed E-state index contributed by atoms with van der Waals surface area (Å²) in [6.45, 7) is 0. The van der Waals surface area contributed by atoms with Crippen LogP contribution in [0.25, 0.3) is 32.3 Å². The fraction of sp³-hybridized carbons (Fsp3) is 0.0435. The first-order valence-electron chi connectivity index (χ1n) is 8.52. The third kappa shape index (κ3) is 2.56. The summed E-state index contributed by atoms with van der Waals surface area (Å²) in [6.07, 6.45) is -4.45. The van der Waals surface area contributed by atoms with Gasteiger partial charge in [-0.05, 0) is 62.6 Å². The van der Waals surface area contributed by atoms with Crippen molar-refractivity contribution in [1.82, 2.24) is 0 Å². The van der Waals surface area contributed by atoms with Gasteiger partial charge in [-0.1, -0.05) is 48.5 Å². The molecule has 0 radical (unpaired) electrons. The van der Waals surface area contributed by atoms with Gasteiger partial charge >= 0.3 is 6.18 Å². The van der Waals surface area contributed by atoms with Crippen molar-refractivity contribution >= 4 is 32.3 Å². The average molecular weight is 362 g/mol. The molecule has 0 unspecified atom stereocenters. The second-order valence-corrected chi connectivity index (χ2v) is 6.55. The Morgan fingerprint density at radius 1 is 0.593 bits per heavy atom. The first kappa shape index (κ1) is 15.9. The highest BCUT2D eigenvalue weighted by Crippen LogP contribution is 2.44. The van der Waals surface area contributed by atoms with Crippen LogP contribution in [0.15, 0.2) is 78.9 Å². The van der Waals surface area contributed by atoms with E-state index in [2.05, 4.69) is 0 Å². The van der Waals surface area contributed by atoms with Crippen molar-refractivity contribution in [3.05, 3.63) is 84.4 Å². The molecule has 0 atom stereocenters. The lowest BCUT2D eigenvalue weighted by atomic mass is 9.91. The fourth-order valence-electron chi connectivity index (χ4n) is 3.73. The Bertz CT molecular complexity index is 1270. The summed E-state index contributed by atoms with van der Waals surface area (Å²) in [5.74, 6) is 0.969. The van der Waals surface area contributed by atoms with E-state index in [1.54, 1.807) is 30.3 Å². The maximum absolute atomic E-state index is 13.8. The number of halogens is 3. The third-order valence-corrected chi connectivity index (χ3v) is 4.84. The van der Waals surface area contributed by atoms with Gasteiger partial charge in [-0.25, -0.2) is 0 Å². The van der Waals surface area contributed by atoms with Crippen LogP contribution >= 0.6 is 0 Å². The highest BCUT2D eigenvalue weighted by Gasteiger charge is 2.34. The lowest BCUT2D eigenvalue weighted by Crippen LogP contribution is -2.06. The van der Waals surface area contributed by atoms with Gasteiger partial charge in [-0.15, -0.1) is 0 Å². The van der Waals surface area contributed by atoms with E-state index >= 15 is 0 Å². The molecular weight excluding hydrogens is 349 g/mol. The first-order chi connectivity index (χ1) is 13.0. The molecular formula is C23H13F3O. The Labute approximate surface area is 152 Å². The Morgan fingerprint density at radius 2 is 1.30 bits per heavy atom. The molecule has 0 aliphatic carbocycles. The van der Waals surface area contributed by atoms with E-state index in [0.717, 1.165) is 16.2 Å². The van der Waals surface area contributed by atoms with E-state index in [1.807, 2.05) is 36.4 Å². The maximum atomic E-state index is 13.8. The molecule has 0 saturated carbocycles. The third-order valence-electron chi connectivity index (χ3n) is 4.84. The predicted octanol–water partition coefficient (Wildman–Crippen LogP) is 7.40. The number of benzene rings is 5. The van der Waals surface area contributed by atoms with E-state index < -0.39 is 11.7 Å². The summed E-state index contributed by atoms with van der Waals surface area (Å²) in [4.78, 5) is 0. The predicted molar refractivity (Wildman–Crippen MR) is 102 cm³/mol. The van der Waals surface area contributed by atoms with Gasteiger partial charge in [0.05, 0.1) is 5.56 Å². The van der Waals surface area contributed by atoms with Gasteiger partial charge in [0.1, 0.15) is 11.5 Å². The van der Waals surface area contributed by atoms with Crippen LogP contribution in [-0.4, -0.2) is 0 Å². The fourth-order valence-corrected chi connectivity index (χ4v) is 3.73. The highest BCUT2D eigenvalue weighted by atomic mass is 19.4. The van der Waals surface area contributed by atoms with Gasteiger partial charge in [0.25, 0.3) is 0 Å². The zero-order valence-corrected chi connectivity index (χ0v) is 14.0. The Morgan fingerprint density at radius 3 is 2.07 bits per heavy atom. The Balaban J connectivity index is 1.86. The minimum absolute atomic E-state index is 0.162. The number of alkyl halides is 3. The van der Waals surface area contributed by atoms with Crippen LogP contribution in [-0.2, 0) is 6.18 Å². The number of ether oxygens (including phenoxy) is 1. The molecule has 0 bridgehead atoms. The normalized spacial score (nSPS) is 12.3. The molecule has 5 aromatic rings. The maximum Gasteiger partial charge on any atom is 0.417 e. The quantitative estimate of drug-likeness (QED) is 0.297. The molecule has 5 aromatic carbocycles. The highest BCUT2D eigenvalue weighted by molar-refractivity contribution is 6.24. The number of hydrogen-bond acceptors (Lipinski definition) is 1. The molecule has 1 nitrogen and oxygen atoms in total. The number of rotatable bonds is 2. The van der Waals surface area contributed by atoms with Crippen molar-refractivity contribution in [2.45, 2.75) is 6.18 Å². The largest absolute Gasteiger partial charge is 0.457 e. The summed E-state index contributed by atoms with van der Waals surface area (Å²) >= 11 is 0. The molecule has 0 N–H and O–H groups in total. The van der Waals surface area contributed by atoms with Gasteiger partial charge in [0.2, 0.25) is 0 Å².